The first-order chi connectivity index (χ1) is 12.2. The van der Waals surface area contributed by atoms with E-state index < -0.39 is 0 Å². The highest BCUT2D eigenvalue weighted by Gasteiger charge is 2.02. The Morgan fingerprint density at radius 1 is 0.960 bits per heavy atom. The smallest absolute Gasteiger partial charge is 0.185 e. The van der Waals surface area contributed by atoms with Gasteiger partial charge in [-0.15, -0.1) is 0 Å². The van der Waals surface area contributed by atoms with Gasteiger partial charge in [0.2, 0.25) is 0 Å². The Hall–Kier alpha value is -1.86. The van der Waals surface area contributed by atoms with E-state index in [-0.39, 0.29) is 5.78 Å². The SMILES string of the molecule is CCCCCCCCc1ccc(C=CC(=O)c2cccc(Cl)c2)cc1. The Morgan fingerprint density at radius 2 is 1.68 bits per heavy atom. The van der Waals surface area contributed by atoms with Crippen molar-refractivity contribution in [3.05, 3.63) is 76.3 Å². The van der Waals surface area contributed by atoms with Crippen molar-refractivity contribution in [3.8, 4) is 0 Å². The summed E-state index contributed by atoms with van der Waals surface area (Å²) in [5.41, 5.74) is 3.03. The fraction of sp³-hybridized carbons (Fsp3) is 0.348. The molecule has 0 saturated heterocycles. The third-order valence-electron chi connectivity index (χ3n) is 4.34. The molecule has 0 heterocycles. The molecule has 2 heteroatoms. The number of benzene rings is 2. The van der Waals surface area contributed by atoms with Crippen LogP contribution in [0.2, 0.25) is 5.02 Å². The molecule has 132 valence electrons. The van der Waals surface area contributed by atoms with E-state index in [1.165, 1.54) is 44.1 Å². The molecule has 0 unspecified atom stereocenters. The molecule has 0 N–H and O–H groups in total. The van der Waals surface area contributed by atoms with Gasteiger partial charge in [0.1, 0.15) is 0 Å². The molecule has 2 aromatic carbocycles. The van der Waals surface area contributed by atoms with E-state index in [4.69, 9.17) is 11.6 Å². The van der Waals surface area contributed by atoms with Crippen molar-refractivity contribution in [2.75, 3.05) is 0 Å². The van der Waals surface area contributed by atoms with Gasteiger partial charge in [-0.25, -0.2) is 0 Å². The van der Waals surface area contributed by atoms with Crippen LogP contribution in [-0.2, 0) is 6.42 Å². The first-order valence-electron chi connectivity index (χ1n) is 9.26. The maximum absolute atomic E-state index is 12.1. The molecule has 0 aliphatic rings. The lowest BCUT2D eigenvalue weighted by Crippen LogP contribution is -1.93. The standard InChI is InChI=1S/C23H27ClO/c1-2-3-4-5-6-7-9-19-12-14-20(15-13-19)16-17-23(25)21-10-8-11-22(24)18-21/h8,10-18H,2-7,9H2,1H3. The average molecular weight is 355 g/mol. The second kappa shape index (κ2) is 10.9. The minimum absolute atomic E-state index is 0.0290. The predicted octanol–water partition coefficient (Wildman–Crippen LogP) is 7.14. The maximum atomic E-state index is 12.1. The molecule has 2 rings (SSSR count). The van der Waals surface area contributed by atoms with E-state index in [9.17, 15) is 4.79 Å². The minimum Gasteiger partial charge on any atom is -0.289 e. The largest absolute Gasteiger partial charge is 0.289 e. The summed E-state index contributed by atoms with van der Waals surface area (Å²) >= 11 is 5.92. The van der Waals surface area contributed by atoms with Crippen LogP contribution in [0.25, 0.3) is 6.08 Å². The van der Waals surface area contributed by atoms with Crippen molar-refractivity contribution in [2.45, 2.75) is 51.9 Å². The van der Waals surface area contributed by atoms with Gasteiger partial charge in [-0.1, -0.05) is 93.1 Å². The number of carbonyl (C=O) groups is 1. The van der Waals surface area contributed by atoms with Crippen LogP contribution in [0.4, 0.5) is 0 Å². The third-order valence-corrected chi connectivity index (χ3v) is 4.57. The molecule has 0 bridgehead atoms. The zero-order valence-corrected chi connectivity index (χ0v) is 15.8. The Bertz CT molecular complexity index is 685. The Morgan fingerprint density at radius 3 is 2.40 bits per heavy atom. The number of carbonyl (C=O) groups excluding carboxylic acids is 1. The summed E-state index contributed by atoms with van der Waals surface area (Å²) in [5, 5.41) is 0.582. The Balaban J connectivity index is 1.80. The van der Waals surface area contributed by atoms with Gasteiger partial charge in [0.15, 0.2) is 5.78 Å². The van der Waals surface area contributed by atoms with Crippen molar-refractivity contribution in [3.63, 3.8) is 0 Å². The van der Waals surface area contributed by atoms with E-state index in [1.54, 1.807) is 30.3 Å². The molecular weight excluding hydrogens is 328 g/mol. The Labute approximate surface area is 156 Å². The quantitative estimate of drug-likeness (QED) is 0.252. The lowest BCUT2D eigenvalue weighted by molar-refractivity contribution is 0.104. The van der Waals surface area contributed by atoms with Crippen molar-refractivity contribution >= 4 is 23.5 Å². The molecule has 0 spiro atoms. The van der Waals surface area contributed by atoms with Crippen molar-refractivity contribution in [1.82, 2.24) is 0 Å². The number of aryl methyl sites for hydroxylation is 1. The van der Waals surface area contributed by atoms with E-state index in [0.29, 0.717) is 10.6 Å². The fourth-order valence-corrected chi connectivity index (χ4v) is 3.01. The molecule has 0 radical (unpaired) electrons. The minimum atomic E-state index is -0.0290. The molecule has 0 fully saturated rings. The van der Waals surface area contributed by atoms with E-state index in [2.05, 4.69) is 31.2 Å². The zero-order chi connectivity index (χ0) is 17.9. The van der Waals surface area contributed by atoms with E-state index in [0.717, 1.165) is 12.0 Å². The average Bonchev–Trinajstić information content (AvgIpc) is 2.63. The lowest BCUT2D eigenvalue weighted by atomic mass is 10.0. The summed E-state index contributed by atoms with van der Waals surface area (Å²) in [6.45, 7) is 2.25. The van der Waals surface area contributed by atoms with Crippen molar-refractivity contribution in [1.29, 1.82) is 0 Å². The molecule has 0 aliphatic heterocycles. The summed E-state index contributed by atoms with van der Waals surface area (Å²) in [7, 11) is 0. The number of halogens is 1. The number of allylic oxidation sites excluding steroid dienone is 1. The predicted molar refractivity (Wildman–Crippen MR) is 108 cm³/mol. The summed E-state index contributed by atoms with van der Waals surface area (Å²) in [6.07, 6.45) is 12.5. The first kappa shape index (κ1) is 19.5. The van der Waals surface area contributed by atoms with Gasteiger partial charge in [0, 0.05) is 10.6 Å². The van der Waals surface area contributed by atoms with Crippen LogP contribution in [-0.4, -0.2) is 5.78 Å². The van der Waals surface area contributed by atoms with Gasteiger partial charge >= 0.3 is 0 Å². The van der Waals surface area contributed by atoms with Gasteiger partial charge in [-0.05, 0) is 42.2 Å². The molecular formula is C23H27ClO. The van der Waals surface area contributed by atoms with E-state index in [1.807, 2.05) is 6.08 Å². The van der Waals surface area contributed by atoms with Crippen LogP contribution in [0, 0.1) is 0 Å². The van der Waals surface area contributed by atoms with Crippen LogP contribution >= 0.6 is 11.6 Å². The molecule has 0 aromatic heterocycles. The molecule has 2 aromatic rings. The van der Waals surface area contributed by atoms with Crippen molar-refractivity contribution < 1.29 is 4.79 Å². The fourth-order valence-electron chi connectivity index (χ4n) is 2.81. The van der Waals surface area contributed by atoms with Gasteiger partial charge in [-0.2, -0.15) is 0 Å². The number of ketones is 1. The third kappa shape index (κ3) is 7.27. The number of unbranched alkanes of at least 4 members (excludes halogenated alkanes) is 5. The topological polar surface area (TPSA) is 17.1 Å². The molecule has 25 heavy (non-hydrogen) atoms. The highest BCUT2D eigenvalue weighted by atomic mass is 35.5. The second-order valence-electron chi connectivity index (χ2n) is 6.47. The van der Waals surface area contributed by atoms with Crippen LogP contribution in [0.1, 0.15) is 66.9 Å². The summed E-state index contributed by atoms with van der Waals surface area (Å²) in [6, 6.07) is 15.5. The molecule has 0 atom stereocenters. The first-order valence-corrected chi connectivity index (χ1v) is 9.64. The zero-order valence-electron chi connectivity index (χ0n) is 15.0. The second-order valence-corrected chi connectivity index (χ2v) is 6.90. The molecule has 0 saturated carbocycles. The normalized spacial score (nSPS) is 11.1. The Kier molecular flexibility index (Phi) is 8.48. The van der Waals surface area contributed by atoms with E-state index >= 15 is 0 Å². The van der Waals surface area contributed by atoms with Gasteiger partial charge in [-0.3, -0.25) is 4.79 Å². The van der Waals surface area contributed by atoms with Crippen LogP contribution < -0.4 is 0 Å². The van der Waals surface area contributed by atoms with Crippen LogP contribution in [0.3, 0.4) is 0 Å². The van der Waals surface area contributed by atoms with Crippen molar-refractivity contribution in [2.24, 2.45) is 0 Å². The molecule has 1 nitrogen and oxygen atoms in total. The van der Waals surface area contributed by atoms with Crippen LogP contribution in [0.5, 0.6) is 0 Å². The lowest BCUT2D eigenvalue weighted by Gasteiger charge is -2.03. The highest BCUT2D eigenvalue weighted by Crippen LogP contribution is 2.14. The highest BCUT2D eigenvalue weighted by molar-refractivity contribution is 6.31. The van der Waals surface area contributed by atoms with Gasteiger partial charge in [0.25, 0.3) is 0 Å². The monoisotopic (exact) mass is 354 g/mol. The number of rotatable bonds is 10. The summed E-state index contributed by atoms with van der Waals surface area (Å²) in [4.78, 5) is 12.1. The van der Waals surface area contributed by atoms with Crippen LogP contribution in [0.15, 0.2) is 54.6 Å². The number of hydrogen-bond donors (Lipinski definition) is 0. The van der Waals surface area contributed by atoms with Gasteiger partial charge in [0.05, 0.1) is 0 Å². The van der Waals surface area contributed by atoms with Gasteiger partial charge < -0.3 is 0 Å². The summed E-state index contributed by atoms with van der Waals surface area (Å²) in [5.74, 6) is -0.0290. The molecule has 0 amide bonds. The number of hydrogen-bond acceptors (Lipinski definition) is 1. The summed E-state index contributed by atoms with van der Waals surface area (Å²) < 4.78 is 0. The maximum Gasteiger partial charge on any atom is 0.185 e. The molecule has 0 aliphatic carbocycles.